The molecule has 6 aromatic carbocycles. The summed E-state index contributed by atoms with van der Waals surface area (Å²) in [5, 5.41) is 11.1. The molecular weight excluding hydrogens is 1450 g/mol. The topological polar surface area (TPSA) is 290 Å². The molecule has 6 N–H and O–H groups in total. The van der Waals surface area contributed by atoms with E-state index in [2.05, 4.69) is 45.2 Å². The van der Waals surface area contributed by atoms with E-state index >= 15 is 0 Å². The number of nitrogens with zero attached hydrogens (tertiary/aromatic N) is 10. The summed E-state index contributed by atoms with van der Waals surface area (Å²) in [6, 6.07) is 37.2. The SMILES string of the molecule is CC(=O)N1CCC(c2[nH]n(-c3nc4ccc(Cl)cc4[nH]3)c(=O)c2CCc2ccc(F)cc2)CC1.CC(C)(C)OC(=O)N1CCC(c2[nH]n(-c3nc4ccc(Cl)cc4[nH]3)c(=O)c2CCc2ccc(F)cc2)CC1.CN(C)S(=O)(=O)N1CCC(c2[nH]n(-c3nc4ccccc4[nH]3)c(=O)c2CCc2ccc(F)cc2)CC1. The number of aromatic nitrogens is 12. The van der Waals surface area contributed by atoms with Gasteiger partial charge in [-0.2, -0.15) is 31.1 Å². The number of rotatable bonds is 17. The second-order valence-corrected chi connectivity index (χ2v) is 31.8. The molecule has 0 radical (unpaired) electrons. The number of ether oxygens (including phenoxy) is 1. The number of likely N-dealkylation sites (tertiary alicyclic amines) is 2. The van der Waals surface area contributed by atoms with Crippen LogP contribution in [-0.4, -0.2) is 157 Å². The van der Waals surface area contributed by atoms with Crippen LogP contribution in [0.1, 0.15) is 134 Å². The van der Waals surface area contributed by atoms with Crippen molar-refractivity contribution in [1.82, 2.24) is 77.7 Å². The smallest absolute Gasteiger partial charge is 0.410 e. The Labute approximate surface area is 630 Å². The van der Waals surface area contributed by atoms with Crippen LogP contribution in [0.3, 0.4) is 0 Å². The molecule has 3 saturated heterocycles. The fraction of sp³-hybridized carbons (Fsp3) is 0.359. The van der Waals surface area contributed by atoms with E-state index in [4.69, 9.17) is 27.9 Å². The van der Waals surface area contributed by atoms with Gasteiger partial charge >= 0.3 is 6.09 Å². The summed E-state index contributed by atoms with van der Waals surface area (Å²) >= 11 is 12.2. The summed E-state index contributed by atoms with van der Waals surface area (Å²) in [5.74, 6) is 0.579. The van der Waals surface area contributed by atoms with Gasteiger partial charge in [0.15, 0.2) is 0 Å². The minimum Gasteiger partial charge on any atom is -0.444 e. The van der Waals surface area contributed by atoms with E-state index in [9.17, 15) is 45.6 Å². The molecule has 24 nitrogen and oxygen atoms in total. The minimum atomic E-state index is -3.48. The molecular formula is C78H85Cl2F3N16O8S. The highest BCUT2D eigenvalue weighted by Crippen LogP contribution is 2.35. The molecule has 0 atom stereocenters. The summed E-state index contributed by atoms with van der Waals surface area (Å²) in [6.07, 6.45) is 7.06. The lowest BCUT2D eigenvalue weighted by Crippen LogP contribution is -2.44. The molecule has 3 aliphatic heterocycles. The number of aromatic amines is 6. The number of piperidine rings is 3. The predicted octanol–water partition coefficient (Wildman–Crippen LogP) is 13.0. The van der Waals surface area contributed by atoms with Crippen molar-refractivity contribution in [3.8, 4) is 17.8 Å². The molecule has 566 valence electrons. The van der Waals surface area contributed by atoms with Crippen molar-refractivity contribution in [2.75, 3.05) is 53.4 Å². The minimum absolute atomic E-state index is 0.000147. The Balaban J connectivity index is 0.000000143. The van der Waals surface area contributed by atoms with E-state index in [1.807, 2.05) is 49.9 Å². The van der Waals surface area contributed by atoms with Crippen LogP contribution in [-0.2, 0) is 58.3 Å². The number of amides is 2. The molecule has 30 heteroatoms. The highest BCUT2D eigenvalue weighted by atomic mass is 35.5. The van der Waals surface area contributed by atoms with E-state index in [0.717, 1.165) is 68.7 Å². The number of H-pyrrole nitrogens is 6. The van der Waals surface area contributed by atoms with Crippen molar-refractivity contribution in [1.29, 1.82) is 0 Å². The van der Waals surface area contributed by atoms with Crippen molar-refractivity contribution in [2.24, 2.45) is 0 Å². The highest BCUT2D eigenvalue weighted by molar-refractivity contribution is 7.86. The third kappa shape index (κ3) is 17.3. The molecule has 3 aliphatic rings. The first-order valence-corrected chi connectivity index (χ1v) is 38.3. The molecule has 0 aliphatic carbocycles. The van der Waals surface area contributed by atoms with E-state index < -0.39 is 15.8 Å². The van der Waals surface area contributed by atoms with Gasteiger partial charge in [-0.1, -0.05) is 71.7 Å². The zero-order valence-corrected chi connectivity index (χ0v) is 63.0. The summed E-state index contributed by atoms with van der Waals surface area (Å²) in [5.41, 5.74) is 10.8. The Hall–Kier alpha value is -10.3. The molecule has 108 heavy (non-hydrogen) atoms. The molecule has 9 heterocycles. The number of benzene rings is 6. The van der Waals surface area contributed by atoms with Crippen molar-refractivity contribution in [2.45, 2.75) is 128 Å². The van der Waals surface area contributed by atoms with Gasteiger partial charge in [-0.05, 0) is 199 Å². The largest absolute Gasteiger partial charge is 0.444 e. The number of aryl methyl sites for hydroxylation is 3. The average molecular weight is 1530 g/mol. The Morgan fingerprint density at radius 3 is 1.19 bits per heavy atom. The Kier molecular flexibility index (Phi) is 22.7. The number of para-hydroxylation sites is 2. The number of imidazole rings is 3. The normalized spacial score (nSPS) is 15.1. The molecule has 12 aromatic rings. The molecule has 0 spiro atoms. The van der Waals surface area contributed by atoms with Crippen LogP contribution in [0.15, 0.2) is 148 Å². The number of hydrogen-bond acceptors (Lipinski definition) is 11. The van der Waals surface area contributed by atoms with E-state index in [1.54, 1.807) is 84.6 Å². The van der Waals surface area contributed by atoms with Gasteiger partial charge in [0.05, 0.1) is 33.1 Å². The first kappa shape index (κ1) is 76.0. The van der Waals surface area contributed by atoms with Crippen LogP contribution < -0.4 is 16.7 Å². The maximum atomic E-state index is 13.7. The van der Waals surface area contributed by atoms with Crippen LogP contribution in [0.4, 0.5) is 18.0 Å². The first-order chi connectivity index (χ1) is 51.7. The van der Waals surface area contributed by atoms with E-state index in [-0.39, 0.29) is 63.9 Å². The first-order valence-electron chi connectivity index (χ1n) is 36.1. The second kappa shape index (κ2) is 32.3. The Morgan fingerprint density at radius 2 is 0.833 bits per heavy atom. The third-order valence-electron chi connectivity index (χ3n) is 20.2. The molecule has 6 aromatic heterocycles. The maximum absolute atomic E-state index is 13.7. The van der Waals surface area contributed by atoms with Crippen LogP contribution >= 0.6 is 23.2 Å². The van der Waals surface area contributed by atoms with Crippen LogP contribution in [0.2, 0.25) is 10.0 Å². The fourth-order valence-corrected chi connectivity index (χ4v) is 15.9. The Bertz CT molecular complexity index is 5480. The molecule has 15 rings (SSSR count). The summed E-state index contributed by atoms with van der Waals surface area (Å²) in [6.45, 7) is 10.3. The lowest BCUT2D eigenvalue weighted by molar-refractivity contribution is -0.129. The van der Waals surface area contributed by atoms with Gasteiger partial charge in [-0.25, -0.2) is 32.9 Å². The maximum Gasteiger partial charge on any atom is 0.410 e. The van der Waals surface area contributed by atoms with Gasteiger partial charge in [0.2, 0.25) is 23.8 Å². The predicted molar refractivity (Wildman–Crippen MR) is 410 cm³/mol. The molecule has 0 unspecified atom stereocenters. The van der Waals surface area contributed by atoms with Gasteiger partial charge in [-0.3, -0.25) is 34.5 Å². The third-order valence-corrected chi connectivity index (χ3v) is 22.6. The summed E-state index contributed by atoms with van der Waals surface area (Å²) in [7, 11) is -0.427. The lowest BCUT2D eigenvalue weighted by Gasteiger charge is -2.33. The molecule has 3 fully saturated rings. The summed E-state index contributed by atoms with van der Waals surface area (Å²) < 4.78 is 77.7. The van der Waals surface area contributed by atoms with E-state index in [0.29, 0.717) is 159 Å². The van der Waals surface area contributed by atoms with Gasteiger partial charge in [0.1, 0.15) is 23.1 Å². The van der Waals surface area contributed by atoms with Crippen molar-refractivity contribution >= 4 is 78.5 Å². The van der Waals surface area contributed by atoms with Gasteiger partial charge in [0, 0.05) is 122 Å². The fourth-order valence-electron chi connectivity index (χ4n) is 14.4. The van der Waals surface area contributed by atoms with Crippen LogP contribution in [0, 0.1) is 17.5 Å². The quantitative estimate of drug-likeness (QED) is 0.0498. The number of carbonyl (C=O) groups excluding carboxylic acids is 2. The number of nitrogens with one attached hydrogen (secondary N) is 6. The highest BCUT2D eigenvalue weighted by Gasteiger charge is 2.35. The molecule has 2 amide bonds. The van der Waals surface area contributed by atoms with Gasteiger partial charge in [0.25, 0.3) is 26.9 Å². The number of halogens is 5. The second-order valence-electron chi connectivity index (χ2n) is 28.8. The van der Waals surface area contributed by atoms with Gasteiger partial charge in [-0.15, -0.1) is 0 Å². The number of carbonyl (C=O) groups is 2. The van der Waals surface area contributed by atoms with Crippen molar-refractivity contribution < 1.29 is 35.9 Å². The number of fused-ring (bicyclic) bond motifs is 3. The molecule has 0 saturated carbocycles. The number of hydrogen-bond donors (Lipinski definition) is 6. The van der Waals surface area contributed by atoms with Crippen molar-refractivity contribution in [3.05, 3.63) is 242 Å². The van der Waals surface area contributed by atoms with Crippen molar-refractivity contribution in [3.63, 3.8) is 0 Å². The molecule has 0 bridgehead atoms. The Morgan fingerprint density at radius 1 is 0.491 bits per heavy atom. The summed E-state index contributed by atoms with van der Waals surface area (Å²) in [4.78, 5) is 92.0. The average Bonchev–Trinajstić information content (AvgIpc) is 1.63. The lowest BCUT2D eigenvalue weighted by atomic mass is 9.90. The zero-order valence-electron chi connectivity index (χ0n) is 60.7. The monoisotopic (exact) mass is 1530 g/mol. The standard InChI is InChI=1S/C28H31ClFN5O3.C25H25ClFN5O2.C25H29FN6O3S/c1-28(2,3)38-27(37)34-14-12-18(13-15-34)24-21(10-6-17-4-8-20(30)9-5-17)25(36)35(33-24)26-31-22-11-7-19(29)16-23(22)32-26;1-15(33)31-12-10-17(11-13-31)23-20(8-4-16-2-6-19(27)7-3-16)24(34)32(30-23)25-28-21-9-5-18(26)14-22(21)29-25;1-30(2)36(34,35)31-15-13-18(14-16-31)23-20(12-9-17-7-10-19(26)11-8-17)24(33)32(29-23)25-27-21-5-3-4-6-22(21)28-25/h4-5,7-9,11,16,18,33H,6,10,12-15H2,1-3H3,(H,31,32);2-3,5-7,9,14,17,30H,4,8,10-13H2,1H3,(H,28,29);3-8,10-11,18,29H,9,12-16H2,1-2H3,(H,27,28). The van der Waals surface area contributed by atoms with E-state index in [1.165, 1.54) is 73.1 Å². The van der Waals surface area contributed by atoms with Crippen LogP contribution in [0.25, 0.3) is 50.9 Å². The van der Waals surface area contributed by atoms with Crippen LogP contribution in [0.5, 0.6) is 0 Å². The van der Waals surface area contributed by atoms with Gasteiger partial charge < -0.3 is 29.5 Å². The zero-order chi connectivity index (χ0) is 76.3.